The van der Waals surface area contributed by atoms with E-state index < -0.39 is 0 Å². The number of hydrogen-bond acceptors (Lipinski definition) is 4. The highest BCUT2D eigenvalue weighted by molar-refractivity contribution is 7.11. The molecular formula is C13H25N3S. The van der Waals surface area contributed by atoms with Crippen molar-refractivity contribution in [1.29, 1.82) is 0 Å². The van der Waals surface area contributed by atoms with Crippen LogP contribution in [0.5, 0.6) is 0 Å². The molecule has 0 aromatic carbocycles. The molecule has 0 atom stereocenters. The van der Waals surface area contributed by atoms with Gasteiger partial charge in [-0.25, -0.2) is 4.98 Å². The van der Waals surface area contributed by atoms with Crippen LogP contribution in [0, 0.1) is 0 Å². The molecule has 0 aliphatic heterocycles. The Hall–Kier alpha value is -0.450. The summed E-state index contributed by atoms with van der Waals surface area (Å²) in [7, 11) is 4.17. The van der Waals surface area contributed by atoms with E-state index in [1.165, 1.54) is 15.6 Å². The lowest BCUT2D eigenvalue weighted by Gasteiger charge is -2.20. The third-order valence-electron chi connectivity index (χ3n) is 2.39. The van der Waals surface area contributed by atoms with Crippen LogP contribution in [0.2, 0.25) is 0 Å². The number of hydrogen-bond donors (Lipinski definition) is 1. The molecule has 1 heterocycles. The van der Waals surface area contributed by atoms with Gasteiger partial charge in [0.2, 0.25) is 0 Å². The molecule has 0 fully saturated rings. The predicted molar refractivity (Wildman–Crippen MR) is 75.5 cm³/mol. The lowest BCUT2D eigenvalue weighted by molar-refractivity contribution is 0.401. The topological polar surface area (TPSA) is 28.2 Å². The van der Waals surface area contributed by atoms with Gasteiger partial charge >= 0.3 is 0 Å². The summed E-state index contributed by atoms with van der Waals surface area (Å²) in [5.41, 5.74) is 1.42. The lowest BCUT2D eigenvalue weighted by Crippen LogP contribution is -2.35. The molecule has 0 radical (unpaired) electrons. The summed E-state index contributed by atoms with van der Waals surface area (Å²) >= 11 is 1.84. The van der Waals surface area contributed by atoms with Gasteiger partial charge in [0.25, 0.3) is 0 Å². The van der Waals surface area contributed by atoms with Gasteiger partial charge in [-0.3, -0.25) is 0 Å². The van der Waals surface area contributed by atoms with E-state index >= 15 is 0 Å². The van der Waals surface area contributed by atoms with Gasteiger partial charge in [-0.15, -0.1) is 11.3 Å². The van der Waals surface area contributed by atoms with E-state index in [9.17, 15) is 0 Å². The molecule has 0 spiro atoms. The molecule has 4 heteroatoms. The third-order valence-corrected chi connectivity index (χ3v) is 3.47. The number of aromatic nitrogens is 1. The molecule has 1 aromatic heterocycles. The fourth-order valence-electron chi connectivity index (χ4n) is 1.53. The van der Waals surface area contributed by atoms with Crippen molar-refractivity contribution in [1.82, 2.24) is 15.2 Å². The first-order valence-corrected chi connectivity index (χ1v) is 7.00. The Bertz CT molecular complexity index is 350. The summed E-state index contributed by atoms with van der Waals surface area (Å²) in [6.45, 7) is 10.6. The van der Waals surface area contributed by atoms with E-state index in [-0.39, 0.29) is 5.54 Å². The van der Waals surface area contributed by atoms with Crippen molar-refractivity contribution in [2.45, 2.75) is 52.7 Å². The number of aryl methyl sites for hydroxylation is 1. The number of thiazole rings is 1. The molecule has 0 saturated heterocycles. The van der Waals surface area contributed by atoms with Gasteiger partial charge in [0, 0.05) is 23.5 Å². The van der Waals surface area contributed by atoms with Crippen LogP contribution in [0.1, 0.15) is 43.3 Å². The predicted octanol–water partition coefficient (Wildman–Crippen LogP) is 2.66. The Labute approximate surface area is 109 Å². The van der Waals surface area contributed by atoms with E-state index in [0.29, 0.717) is 0 Å². The van der Waals surface area contributed by atoms with Crippen molar-refractivity contribution in [3.63, 3.8) is 0 Å². The second-order valence-electron chi connectivity index (χ2n) is 5.67. The van der Waals surface area contributed by atoms with Crippen molar-refractivity contribution < 1.29 is 0 Å². The Morgan fingerprint density at radius 1 is 1.29 bits per heavy atom. The summed E-state index contributed by atoms with van der Waals surface area (Å²) in [6.07, 6.45) is 1.02. The maximum absolute atomic E-state index is 4.71. The van der Waals surface area contributed by atoms with Crippen LogP contribution in [0.25, 0.3) is 0 Å². The van der Waals surface area contributed by atoms with E-state index in [0.717, 1.165) is 19.5 Å². The van der Waals surface area contributed by atoms with Crippen LogP contribution in [-0.2, 0) is 19.5 Å². The molecule has 0 aliphatic rings. The van der Waals surface area contributed by atoms with Crippen molar-refractivity contribution in [2.75, 3.05) is 14.1 Å². The second-order valence-corrected chi connectivity index (χ2v) is 6.84. The summed E-state index contributed by atoms with van der Waals surface area (Å²) in [5.74, 6) is 0. The minimum atomic E-state index is 0.163. The van der Waals surface area contributed by atoms with Crippen LogP contribution in [0.3, 0.4) is 0 Å². The van der Waals surface area contributed by atoms with Gasteiger partial charge in [-0.2, -0.15) is 0 Å². The molecule has 0 amide bonds. The molecule has 0 saturated carbocycles. The highest BCUT2D eigenvalue weighted by atomic mass is 32.1. The summed E-state index contributed by atoms with van der Waals surface area (Å²) in [6, 6.07) is 0. The molecule has 1 rings (SSSR count). The lowest BCUT2D eigenvalue weighted by atomic mass is 10.1. The molecule has 98 valence electrons. The zero-order valence-electron chi connectivity index (χ0n) is 11.9. The standard InChI is InChI=1S/C13H25N3S/c1-7-10-11(8-14-13(2,3)4)17-12(15-10)9-16(5)6/h14H,7-9H2,1-6H3. The quantitative estimate of drug-likeness (QED) is 0.877. The average Bonchev–Trinajstić information content (AvgIpc) is 2.55. The molecule has 0 unspecified atom stereocenters. The Balaban J connectivity index is 2.73. The van der Waals surface area contributed by atoms with E-state index in [1.807, 2.05) is 11.3 Å². The fraction of sp³-hybridized carbons (Fsp3) is 0.769. The van der Waals surface area contributed by atoms with Gasteiger partial charge < -0.3 is 10.2 Å². The maximum atomic E-state index is 4.71. The minimum absolute atomic E-state index is 0.163. The fourth-order valence-corrected chi connectivity index (χ4v) is 2.75. The second kappa shape index (κ2) is 5.94. The largest absolute Gasteiger partial charge is 0.307 e. The van der Waals surface area contributed by atoms with Crippen LogP contribution in [0.4, 0.5) is 0 Å². The Kier molecular flexibility index (Phi) is 5.10. The molecule has 1 aromatic rings. The molecule has 0 bridgehead atoms. The van der Waals surface area contributed by atoms with Crippen molar-refractivity contribution in [3.05, 3.63) is 15.6 Å². The van der Waals surface area contributed by atoms with Crippen LogP contribution < -0.4 is 5.32 Å². The Morgan fingerprint density at radius 3 is 2.41 bits per heavy atom. The third kappa shape index (κ3) is 5.15. The highest BCUT2D eigenvalue weighted by Crippen LogP contribution is 2.21. The first-order valence-electron chi connectivity index (χ1n) is 6.19. The van der Waals surface area contributed by atoms with E-state index in [2.05, 4.69) is 52.0 Å². The molecule has 17 heavy (non-hydrogen) atoms. The van der Waals surface area contributed by atoms with Crippen LogP contribution >= 0.6 is 11.3 Å². The molecule has 0 aliphatic carbocycles. The zero-order valence-corrected chi connectivity index (χ0v) is 12.7. The molecule has 3 nitrogen and oxygen atoms in total. The highest BCUT2D eigenvalue weighted by Gasteiger charge is 2.14. The van der Waals surface area contributed by atoms with Crippen molar-refractivity contribution in [3.8, 4) is 0 Å². The van der Waals surface area contributed by atoms with Crippen LogP contribution in [-0.4, -0.2) is 29.5 Å². The minimum Gasteiger partial charge on any atom is -0.307 e. The summed E-state index contributed by atoms with van der Waals surface area (Å²) in [5, 5.41) is 4.76. The van der Waals surface area contributed by atoms with Gasteiger partial charge in [-0.05, 0) is 41.3 Å². The number of nitrogens with one attached hydrogen (secondary N) is 1. The van der Waals surface area contributed by atoms with Gasteiger partial charge in [0.1, 0.15) is 5.01 Å². The van der Waals surface area contributed by atoms with E-state index in [1.54, 1.807) is 0 Å². The zero-order chi connectivity index (χ0) is 13.1. The van der Waals surface area contributed by atoms with Crippen LogP contribution in [0.15, 0.2) is 0 Å². The molecule has 1 N–H and O–H groups in total. The van der Waals surface area contributed by atoms with Gasteiger partial charge in [0.05, 0.1) is 5.69 Å². The maximum Gasteiger partial charge on any atom is 0.107 e. The number of nitrogens with zero attached hydrogens (tertiary/aromatic N) is 2. The van der Waals surface area contributed by atoms with Gasteiger partial charge in [0.15, 0.2) is 0 Å². The Morgan fingerprint density at radius 2 is 1.94 bits per heavy atom. The summed E-state index contributed by atoms with van der Waals surface area (Å²) in [4.78, 5) is 8.26. The first-order chi connectivity index (χ1) is 7.81. The van der Waals surface area contributed by atoms with Crippen molar-refractivity contribution in [2.24, 2.45) is 0 Å². The SMILES string of the molecule is CCc1nc(CN(C)C)sc1CNC(C)(C)C. The first kappa shape index (κ1) is 14.6. The summed E-state index contributed by atoms with van der Waals surface area (Å²) < 4.78 is 0. The number of rotatable bonds is 5. The van der Waals surface area contributed by atoms with E-state index in [4.69, 9.17) is 4.98 Å². The normalized spacial score (nSPS) is 12.4. The average molecular weight is 255 g/mol. The molecular weight excluding hydrogens is 230 g/mol. The van der Waals surface area contributed by atoms with Crippen molar-refractivity contribution >= 4 is 11.3 Å². The smallest absolute Gasteiger partial charge is 0.107 e. The van der Waals surface area contributed by atoms with Gasteiger partial charge in [-0.1, -0.05) is 6.92 Å². The monoisotopic (exact) mass is 255 g/mol.